The number of hydrogen-bond acceptors (Lipinski definition) is 5. The van der Waals surface area contributed by atoms with E-state index < -0.39 is 0 Å². The summed E-state index contributed by atoms with van der Waals surface area (Å²) in [7, 11) is 1.37. The van der Waals surface area contributed by atoms with Gasteiger partial charge < -0.3 is 9.47 Å². The van der Waals surface area contributed by atoms with Gasteiger partial charge in [0.2, 0.25) is 0 Å². The lowest BCUT2D eigenvalue weighted by Crippen LogP contribution is -2.05. The molecule has 3 aromatic rings. The Morgan fingerprint density at radius 3 is 2.92 bits per heavy atom. The van der Waals surface area contributed by atoms with Gasteiger partial charge >= 0.3 is 5.97 Å². The Bertz CT molecular complexity index is 971. The van der Waals surface area contributed by atoms with Crippen molar-refractivity contribution in [3.63, 3.8) is 0 Å². The minimum absolute atomic E-state index is 0.239. The third-order valence-electron chi connectivity index (χ3n) is 4.42. The van der Waals surface area contributed by atoms with E-state index in [2.05, 4.69) is 18.9 Å². The van der Waals surface area contributed by atoms with Crippen LogP contribution in [0.1, 0.15) is 36.1 Å². The van der Waals surface area contributed by atoms with E-state index in [1.807, 2.05) is 21.5 Å². The molecule has 0 N–H and O–H groups in total. The summed E-state index contributed by atoms with van der Waals surface area (Å²) < 4.78 is 14.6. The maximum atomic E-state index is 11.9. The molecule has 0 saturated carbocycles. The quantitative estimate of drug-likeness (QED) is 0.678. The van der Waals surface area contributed by atoms with Crippen LogP contribution in [0.15, 0.2) is 36.7 Å². The second-order valence-corrected chi connectivity index (χ2v) is 6.44. The van der Waals surface area contributed by atoms with Gasteiger partial charge in [0.05, 0.1) is 30.7 Å². The molecular weight excluding hydrogens is 332 g/mol. The fourth-order valence-electron chi connectivity index (χ4n) is 3.18. The van der Waals surface area contributed by atoms with Crippen LogP contribution in [0.25, 0.3) is 17.1 Å². The molecule has 7 heteroatoms. The number of esters is 1. The number of nitrogens with zero attached hydrogens (tertiary/aromatic N) is 4. The van der Waals surface area contributed by atoms with Gasteiger partial charge in [0.15, 0.2) is 0 Å². The van der Waals surface area contributed by atoms with E-state index in [1.165, 1.54) is 7.11 Å². The van der Waals surface area contributed by atoms with Crippen molar-refractivity contribution in [1.82, 2.24) is 19.3 Å². The lowest BCUT2D eigenvalue weighted by atomic mass is 10.2. The molecule has 2 aromatic heterocycles. The van der Waals surface area contributed by atoms with E-state index in [1.54, 1.807) is 24.4 Å². The number of imidazole rings is 1. The fraction of sp³-hybridized carbons (Fsp3) is 0.316. The van der Waals surface area contributed by atoms with Crippen LogP contribution >= 0.6 is 0 Å². The first-order valence-corrected chi connectivity index (χ1v) is 8.56. The predicted molar refractivity (Wildman–Crippen MR) is 95.7 cm³/mol. The second-order valence-electron chi connectivity index (χ2n) is 6.44. The van der Waals surface area contributed by atoms with Crippen molar-refractivity contribution in [2.75, 3.05) is 13.7 Å². The van der Waals surface area contributed by atoms with Gasteiger partial charge in [-0.1, -0.05) is 0 Å². The minimum Gasteiger partial charge on any atom is -0.491 e. The summed E-state index contributed by atoms with van der Waals surface area (Å²) in [6.45, 7) is 4.71. The van der Waals surface area contributed by atoms with Crippen molar-refractivity contribution < 1.29 is 14.3 Å². The summed E-state index contributed by atoms with van der Waals surface area (Å²) in [4.78, 5) is 16.7. The van der Waals surface area contributed by atoms with Gasteiger partial charge in [-0.3, -0.25) is 9.25 Å². The van der Waals surface area contributed by atoms with Crippen LogP contribution < -0.4 is 4.74 Å². The molecule has 0 saturated heterocycles. The summed E-state index contributed by atoms with van der Waals surface area (Å²) in [6.07, 6.45) is 4.43. The van der Waals surface area contributed by atoms with Crippen LogP contribution in [-0.2, 0) is 11.2 Å². The summed E-state index contributed by atoms with van der Waals surface area (Å²) >= 11 is 0. The Kier molecular flexibility index (Phi) is 3.99. The lowest BCUT2D eigenvalue weighted by molar-refractivity contribution is 0.0600. The highest BCUT2D eigenvalue weighted by molar-refractivity contribution is 5.90. The SMILES string of the molecule is COC(=O)c1ccc2c(c1)-n1cc(-c3ccnn3C(C)C)nc1CCO2. The van der Waals surface area contributed by atoms with Crippen molar-refractivity contribution in [3.8, 4) is 22.8 Å². The Labute approximate surface area is 151 Å². The summed E-state index contributed by atoms with van der Waals surface area (Å²) in [6, 6.07) is 7.49. The highest BCUT2D eigenvalue weighted by Crippen LogP contribution is 2.31. The summed E-state index contributed by atoms with van der Waals surface area (Å²) in [5, 5.41) is 4.39. The third kappa shape index (κ3) is 2.65. The molecule has 0 atom stereocenters. The van der Waals surface area contributed by atoms with E-state index >= 15 is 0 Å². The summed E-state index contributed by atoms with van der Waals surface area (Å²) in [5.41, 5.74) is 3.08. The molecular formula is C19H20N4O3. The maximum absolute atomic E-state index is 11.9. The molecule has 134 valence electrons. The number of rotatable bonds is 3. The van der Waals surface area contributed by atoms with Gasteiger partial charge in [0, 0.05) is 24.9 Å². The average molecular weight is 352 g/mol. The normalized spacial score (nSPS) is 12.9. The molecule has 3 heterocycles. The second kappa shape index (κ2) is 6.33. The first-order chi connectivity index (χ1) is 12.6. The highest BCUT2D eigenvalue weighted by atomic mass is 16.5. The van der Waals surface area contributed by atoms with E-state index in [4.69, 9.17) is 14.5 Å². The Morgan fingerprint density at radius 2 is 2.15 bits per heavy atom. The highest BCUT2D eigenvalue weighted by Gasteiger charge is 2.21. The fourth-order valence-corrected chi connectivity index (χ4v) is 3.18. The molecule has 1 aliphatic heterocycles. The number of benzene rings is 1. The molecule has 0 aliphatic carbocycles. The van der Waals surface area contributed by atoms with Crippen molar-refractivity contribution >= 4 is 5.97 Å². The molecule has 1 aromatic carbocycles. The Hall–Kier alpha value is -3.09. The molecule has 1 aliphatic rings. The lowest BCUT2D eigenvalue weighted by Gasteiger charge is -2.11. The van der Waals surface area contributed by atoms with Gasteiger partial charge in [-0.25, -0.2) is 9.78 Å². The van der Waals surface area contributed by atoms with Crippen LogP contribution in [0.3, 0.4) is 0 Å². The topological polar surface area (TPSA) is 71.2 Å². The van der Waals surface area contributed by atoms with Crippen LogP contribution in [0.2, 0.25) is 0 Å². The van der Waals surface area contributed by atoms with Gasteiger partial charge in [-0.05, 0) is 38.1 Å². The number of hydrogen-bond donors (Lipinski definition) is 0. The Balaban J connectivity index is 1.85. The zero-order valence-corrected chi connectivity index (χ0v) is 15.0. The van der Waals surface area contributed by atoms with Crippen molar-refractivity contribution in [2.45, 2.75) is 26.3 Å². The van der Waals surface area contributed by atoms with E-state index in [9.17, 15) is 4.79 Å². The predicted octanol–water partition coefficient (Wildman–Crippen LogP) is 3.04. The molecule has 26 heavy (non-hydrogen) atoms. The first kappa shape index (κ1) is 16.4. The third-order valence-corrected chi connectivity index (χ3v) is 4.42. The standard InChI is InChI=1S/C19H20N4O3/c1-12(2)23-15(6-8-20-23)14-11-22-16-10-13(19(24)25-3)4-5-17(16)26-9-7-18(22)21-14/h4-6,8,10-12H,7,9H2,1-3H3. The largest absolute Gasteiger partial charge is 0.491 e. The minimum atomic E-state index is -0.378. The molecule has 4 rings (SSSR count). The van der Waals surface area contributed by atoms with Gasteiger partial charge in [0.25, 0.3) is 0 Å². The van der Waals surface area contributed by atoms with Crippen LogP contribution in [-0.4, -0.2) is 39.0 Å². The number of aromatic nitrogens is 4. The molecule has 0 bridgehead atoms. The average Bonchev–Trinajstić information content (AvgIpc) is 3.25. The zero-order valence-electron chi connectivity index (χ0n) is 15.0. The number of carbonyl (C=O) groups excluding carboxylic acids is 1. The Morgan fingerprint density at radius 1 is 1.31 bits per heavy atom. The molecule has 0 amide bonds. The maximum Gasteiger partial charge on any atom is 0.337 e. The van der Waals surface area contributed by atoms with Gasteiger partial charge in [-0.15, -0.1) is 0 Å². The number of carbonyl (C=O) groups is 1. The monoisotopic (exact) mass is 352 g/mol. The molecule has 0 fully saturated rings. The zero-order chi connectivity index (χ0) is 18.3. The first-order valence-electron chi connectivity index (χ1n) is 8.56. The smallest absolute Gasteiger partial charge is 0.337 e. The van der Waals surface area contributed by atoms with Crippen molar-refractivity contribution in [2.24, 2.45) is 0 Å². The molecule has 0 spiro atoms. The van der Waals surface area contributed by atoms with Crippen molar-refractivity contribution in [3.05, 3.63) is 48.0 Å². The molecule has 0 unspecified atom stereocenters. The van der Waals surface area contributed by atoms with E-state index in [0.717, 1.165) is 28.6 Å². The van der Waals surface area contributed by atoms with Crippen LogP contribution in [0, 0.1) is 0 Å². The molecule has 7 nitrogen and oxygen atoms in total. The van der Waals surface area contributed by atoms with Gasteiger partial charge in [0.1, 0.15) is 17.3 Å². The number of ether oxygens (including phenoxy) is 2. The van der Waals surface area contributed by atoms with E-state index in [-0.39, 0.29) is 12.0 Å². The molecule has 0 radical (unpaired) electrons. The number of fused-ring (bicyclic) bond motifs is 3. The van der Waals surface area contributed by atoms with Gasteiger partial charge in [-0.2, -0.15) is 5.10 Å². The summed E-state index contributed by atoms with van der Waals surface area (Å²) in [5.74, 6) is 1.23. The van der Waals surface area contributed by atoms with Crippen LogP contribution in [0.5, 0.6) is 5.75 Å². The van der Waals surface area contributed by atoms with Crippen LogP contribution in [0.4, 0.5) is 0 Å². The van der Waals surface area contributed by atoms with E-state index in [0.29, 0.717) is 18.6 Å². The van der Waals surface area contributed by atoms with Crippen molar-refractivity contribution in [1.29, 1.82) is 0 Å². The number of methoxy groups -OCH3 is 1.